The van der Waals surface area contributed by atoms with Crippen molar-refractivity contribution < 1.29 is 0 Å². The third-order valence-electron chi connectivity index (χ3n) is 15.9. The van der Waals surface area contributed by atoms with Crippen molar-refractivity contribution in [1.29, 1.82) is 0 Å². The molecule has 0 fully saturated rings. The topological polar surface area (TPSA) is 58.4 Å². The van der Waals surface area contributed by atoms with Crippen LogP contribution in [0.25, 0.3) is 144 Å². The first-order valence-electron chi connectivity index (χ1n) is 26.5. The molecule has 7 nitrogen and oxygen atoms in total. The molecule has 5 heterocycles. The van der Waals surface area contributed by atoms with Gasteiger partial charge in [0.05, 0.1) is 44.1 Å². The van der Waals surface area contributed by atoms with E-state index in [1.807, 2.05) is 0 Å². The third-order valence-corrected chi connectivity index (χ3v) is 15.9. The van der Waals surface area contributed by atoms with Gasteiger partial charge in [-0.3, -0.25) is 9.13 Å². The molecule has 1 atom stereocenters. The molecule has 0 amide bonds. The van der Waals surface area contributed by atoms with Crippen LogP contribution < -0.4 is 0 Å². The van der Waals surface area contributed by atoms with E-state index in [1.165, 1.54) is 16.2 Å². The lowest BCUT2D eigenvalue weighted by Gasteiger charge is -2.17. The maximum absolute atomic E-state index is 5.84. The van der Waals surface area contributed by atoms with Gasteiger partial charge < -0.3 is 9.13 Å². The monoisotopic (exact) mass is 985 g/mol. The molecule has 0 N–H and O–H groups in total. The molecule has 0 bridgehead atoms. The molecule has 77 heavy (non-hydrogen) atoms. The highest BCUT2D eigenvalue weighted by atomic mass is 15.3. The lowest BCUT2D eigenvalue weighted by atomic mass is 9.96. The Kier molecular flexibility index (Phi) is 9.54. The zero-order valence-corrected chi connectivity index (χ0v) is 42.1. The fourth-order valence-corrected chi connectivity index (χ4v) is 12.4. The zero-order chi connectivity index (χ0) is 50.7. The van der Waals surface area contributed by atoms with Crippen LogP contribution in [0.4, 0.5) is 0 Å². The summed E-state index contributed by atoms with van der Waals surface area (Å²) < 4.78 is 9.50. The molecule has 5 aromatic heterocycles. The van der Waals surface area contributed by atoms with Gasteiger partial charge in [-0.15, -0.1) is 0 Å². The molecular formula is C70H47N7. The summed E-state index contributed by atoms with van der Waals surface area (Å²) in [5.74, 6) is 2.06. The Bertz CT molecular complexity index is 4900. The first-order valence-corrected chi connectivity index (χ1v) is 26.5. The van der Waals surface area contributed by atoms with Crippen molar-refractivity contribution in [3.05, 3.63) is 249 Å². The summed E-state index contributed by atoms with van der Waals surface area (Å²) >= 11 is 0. The normalized spacial score (nSPS) is 13.9. The molecule has 0 saturated heterocycles. The summed E-state index contributed by atoms with van der Waals surface area (Å²) in [5.41, 5.74) is 16.0. The highest BCUT2D eigenvalue weighted by Gasteiger charge is 2.27. The largest absolute Gasteiger partial charge is 0.308 e. The van der Waals surface area contributed by atoms with Crippen molar-refractivity contribution in [2.24, 2.45) is 5.92 Å². The van der Waals surface area contributed by atoms with Crippen LogP contribution in [-0.4, -0.2) is 33.2 Å². The van der Waals surface area contributed by atoms with Gasteiger partial charge >= 0.3 is 0 Å². The number of hydrogen-bond donors (Lipinski definition) is 0. The molecule has 0 radical (unpaired) electrons. The Labute approximate surface area is 443 Å². The number of hydrogen-bond acceptors (Lipinski definition) is 3. The molecule has 0 aliphatic heterocycles. The van der Waals surface area contributed by atoms with Gasteiger partial charge in [-0.25, -0.2) is 0 Å². The summed E-state index contributed by atoms with van der Waals surface area (Å²) in [4.78, 5) is 17.3. The van der Waals surface area contributed by atoms with Crippen molar-refractivity contribution in [2.45, 2.75) is 13.3 Å². The van der Waals surface area contributed by atoms with E-state index in [0.717, 1.165) is 117 Å². The molecule has 1 aliphatic carbocycles. The predicted octanol–water partition coefficient (Wildman–Crippen LogP) is 17.7. The van der Waals surface area contributed by atoms with Crippen LogP contribution in [0.2, 0.25) is 0 Å². The number of allylic oxidation sites excluding steroid dienone is 4. The Morgan fingerprint density at radius 2 is 0.714 bits per heavy atom. The lowest BCUT2D eigenvalue weighted by Crippen LogP contribution is -2.11. The van der Waals surface area contributed by atoms with Crippen LogP contribution in [-0.2, 0) is 0 Å². The standard InChI is InChI=1S/C70H47N7/c1-44-33-35-51(36-34-44)75-61-30-16-12-26-53(61)57-38-40-59-55-28-14-18-32-63(55)77(67(59)65(57)75)70-72-68(49-42-47(45-19-5-2-6-20-45)41-48(43-49)46-21-7-3-8-22-46)71-69(73-70)76-62-31-17-13-27-54(62)58-39-37-56-52-25-11-15-29-60(52)74(64(56)66(58)76)50-23-9-4-10-24-50/h2-33,35-44H,34H2,1H3. The Morgan fingerprint density at radius 3 is 1.17 bits per heavy atom. The zero-order valence-electron chi connectivity index (χ0n) is 42.1. The molecular weight excluding hydrogens is 939 g/mol. The van der Waals surface area contributed by atoms with Crippen LogP contribution >= 0.6 is 0 Å². The van der Waals surface area contributed by atoms with E-state index in [2.05, 4.69) is 274 Å². The van der Waals surface area contributed by atoms with E-state index in [4.69, 9.17) is 15.0 Å². The number of aromatic nitrogens is 7. The molecule has 16 rings (SSSR count). The highest BCUT2D eigenvalue weighted by Crippen LogP contribution is 2.45. The van der Waals surface area contributed by atoms with Gasteiger partial charge in [-0.1, -0.05) is 195 Å². The number of fused-ring (bicyclic) bond motifs is 14. The molecule has 362 valence electrons. The van der Waals surface area contributed by atoms with Crippen LogP contribution in [0.15, 0.2) is 249 Å². The smallest absolute Gasteiger partial charge is 0.240 e. The lowest BCUT2D eigenvalue weighted by molar-refractivity contribution is 0.735. The van der Waals surface area contributed by atoms with Crippen LogP contribution in [0.1, 0.15) is 13.3 Å². The second kappa shape index (κ2) is 17.0. The summed E-state index contributed by atoms with van der Waals surface area (Å²) in [6.45, 7) is 2.28. The van der Waals surface area contributed by atoms with Gasteiger partial charge in [0.2, 0.25) is 11.9 Å². The minimum atomic E-state index is 0.458. The van der Waals surface area contributed by atoms with E-state index >= 15 is 0 Å². The third kappa shape index (κ3) is 6.60. The summed E-state index contributed by atoms with van der Waals surface area (Å²) in [6.07, 6.45) is 7.99. The second-order valence-corrected chi connectivity index (χ2v) is 20.5. The van der Waals surface area contributed by atoms with Crippen molar-refractivity contribution in [1.82, 2.24) is 33.2 Å². The van der Waals surface area contributed by atoms with Crippen LogP contribution in [0.5, 0.6) is 0 Å². The minimum absolute atomic E-state index is 0.458. The summed E-state index contributed by atoms with van der Waals surface area (Å²) in [7, 11) is 0. The first-order chi connectivity index (χ1) is 38.1. The average Bonchev–Trinajstić information content (AvgIpc) is 4.37. The first kappa shape index (κ1) is 43.3. The number of nitrogens with zero attached hydrogens (tertiary/aromatic N) is 7. The Balaban J connectivity index is 1.08. The maximum atomic E-state index is 5.84. The van der Waals surface area contributed by atoms with Crippen molar-refractivity contribution in [2.75, 3.05) is 0 Å². The van der Waals surface area contributed by atoms with E-state index in [0.29, 0.717) is 23.6 Å². The van der Waals surface area contributed by atoms with Gasteiger partial charge in [0.1, 0.15) is 0 Å². The Morgan fingerprint density at radius 1 is 0.338 bits per heavy atom. The second-order valence-electron chi connectivity index (χ2n) is 20.5. The fourth-order valence-electron chi connectivity index (χ4n) is 12.4. The van der Waals surface area contributed by atoms with Crippen LogP contribution in [0.3, 0.4) is 0 Å². The predicted molar refractivity (Wildman–Crippen MR) is 319 cm³/mol. The Hall–Kier alpha value is -10.1. The molecule has 0 saturated carbocycles. The molecule has 7 heteroatoms. The van der Waals surface area contributed by atoms with Gasteiger partial charge in [-0.2, -0.15) is 15.0 Å². The van der Waals surface area contributed by atoms with E-state index in [9.17, 15) is 0 Å². The SMILES string of the molecule is CC1C=CC(n2c3ccccc3c3ccc4c5ccccc5n(-c5nc(-c6cc(-c7ccccc7)cc(-c7ccccc7)c6)nc(-n6c7ccccc7c7ccc8c9ccccc9n(-c9ccccc9)c8c76)n5)c4c32)=CC1. The van der Waals surface area contributed by atoms with Gasteiger partial charge in [0.15, 0.2) is 5.82 Å². The summed E-state index contributed by atoms with van der Waals surface area (Å²) in [5, 5.41) is 9.16. The summed E-state index contributed by atoms with van der Waals surface area (Å²) in [6, 6.07) is 82.8. The van der Waals surface area contributed by atoms with Gasteiger partial charge in [0.25, 0.3) is 0 Å². The van der Waals surface area contributed by atoms with Crippen molar-refractivity contribution in [3.63, 3.8) is 0 Å². The number of benzene rings is 10. The van der Waals surface area contributed by atoms with E-state index < -0.39 is 0 Å². The van der Waals surface area contributed by atoms with Gasteiger partial charge in [-0.05, 0) is 95.3 Å². The fraction of sp³-hybridized carbons (Fsp3) is 0.0429. The molecule has 15 aromatic rings. The van der Waals surface area contributed by atoms with E-state index in [1.54, 1.807) is 0 Å². The average molecular weight is 986 g/mol. The number of para-hydroxylation sites is 5. The van der Waals surface area contributed by atoms with Crippen molar-refractivity contribution in [3.8, 4) is 51.2 Å². The minimum Gasteiger partial charge on any atom is -0.308 e. The molecule has 1 aliphatic rings. The van der Waals surface area contributed by atoms with Crippen LogP contribution in [0, 0.1) is 5.92 Å². The van der Waals surface area contributed by atoms with Crippen molar-refractivity contribution >= 4 is 92.9 Å². The quantitative estimate of drug-likeness (QED) is 0.160. The van der Waals surface area contributed by atoms with Gasteiger partial charge in [0, 0.05) is 60.0 Å². The molecule has 10 aromatic carbocycles. The maximum Gasteiger partial charge on any atom is 0.240 e. The number of rotatable bonds is 7. The molecule has 1 unspecified atom stereocenters. The van der Waals surface area contributed by atoms with E-state index in [-0.39, 0.29) is 0 Å². The highest BCUT2D eigenvalue weighted by molar-refractivity contribution is 6.25. The molecule has 0 spiro atoms.